The largest absolute Gasteiger partial charge is 0.389 e. The fourth-order valence-corrected chi connectivity index (χ4v) is 1.74. The van der Waals surface area contributed by atoms with Crippen LogP contribution < -0.4 is 0 Å². The summed E-state index contributed by atoms with van der Waals surface area (Å²) < 4.78 is 5.00. The second kappa shape index (κ2) is 6.55. The van der Waals surface area contributed by atoms with Gasteiger partial charge in [0.05, 0.1) is 11.2 Å². The molecule has 0 atom stereocenters. The number of rotatable bonds is 8. The number of nitrogens with zero attached hydrogens (tertiary/aromatic N) is 1. The molecule has 0 aliphatic heterocycles. The highest BCUT2D eigenvalue weighted by molar-refractivity contribution is 4.77. The smallest absolute Gasteiger partial charge is 0.0718 e. The second-order valence-corrected chi connectivity index (χ2v) is 5.68. The van der Waals surface area contributed by atoms with Crippen molar-refractivity contribution >= 4 is 0 Å². The normalized spacial score (nSPS) is 13.5. The highest BCUT2D eigenvalue weighted by atomic mass is 16.5. The van der Waals surface area contributed by atoms with Crippen molar-refractivity contribution in [2.24, 2.45) is 0 Å². The topological polar surface area (TPSA) is 52.9 Å². The molecular weight excluding hydrogens is 206 g/mol. The van der Waals surface area contributed by atoms with Crippen LogP contribution in [-0.2, 0) is 4.74 Å². The lowest BCUT2D eigenvalue weighted by Gasteiger charge is -2.33. The molecule has 0 aromatic heterocycles. The van der Waals surface area contributed by atoms with E-state index in [-0.39, 0.29) is 0 Å². The molecule has 0 spiro atoms. The molecule has 0 rings (SSSR count). The number of ether oxygens (including phenoxy) is 1. The Kier molecular flexibility index (Phi) is 6.48. The number of methoxy groups -OCH3 is 1. The lowest BCUT2D eigenvalue weighted by molar-refractivity contribution is -0.00967. The van der Waals surface area contributed by atoms with Gasteiger partial charge in [0, 0.05) is 33.4 Å². The minimum atomic E-state index is -0.738. The molecule has 0 radical (unpaired) electrons. The van der Waals surface area contributed by atoms with Gasteiger partial charge >= 0.3 is 0 Å². The molecule has 0 aromatic carbocycles. The van der Waals surface area contributed by atoms with Crippen molar-refractivity contribution in [3.63, 3.8) is 0 Å². The van der Waals surface area contributed by atoms with E-state index in [1.807, 2.05) is 0 Å². The van der Waals surface area contributed by atoms with Gasteiger partial charge in [0.1, 0.15) is 0 Å². The molecule has 0 aromatic rings. The molecule has 98 valence electrons. The Morgan fingerprint density at radius 2 is 1.44 bits per heavy atom. The van der Waals surface area contributed by atoms with Gasteiger partial charge in [-0.1, -0.05) is 0 Å². The summed E-state index contributed by atoms with van der Waals surface area (Å²) in [7, 11) is 1.68. The third-order valence-electron chi connectivity index (χ3n) is 2.04. The predicted octanol–water partition coefficient (Wildman–Crippen LogP) is 0.867. The van der Waals surface area contributed by atoms with E-state index in [1.165, 1.54) is 0 Å². The fraction of sp³-hybridized carbons (Fsp3) is 1.00. The molecular formula is C12H27NO3. The predicted molar refractivity (Wildman–Crippen MR) is 65.5 cm³/mol. The highest BCUT2D eigenvalue weighted by Crippen LogP contribution is 2.10. The minimum absolute atomic E-state index is 0.556. The number of hydrogen-bond donors (Lipinski definition) is 2. The van der Waals surface area contributed by atoms with Crippen LogP contribution in [0.3, 0.4) is 0 Å². The fourth-order valence-electron chi connectivity index (χ4n) is 1.74. The van der Waals surface area contributed by atoms with Crippen LogP contribution in [0.5, 0.6) is 0 Å². The average Bonchev–Trinajstić information content (AvgIpc) is 1.97. The zero-order valence-electron chi connectivity index (χ0n) is 11.3. The van der Waals surface area contributed by atoms with Crippen LogP contribution in [-0.4, -0.2) is 59.7 Å². The van der Waals surface area contributed by atoms with Gasteiger partial charge in [-0.25, -0.2) is 0 Å². The molecule has 0 heterocycles. The van der Waals surface area contributed by atoms with Crippen molar-refractivity contribution in [3.05, 3.63) is 0 Å². The zero-order valence-corrected chi connectivity index (χ0v) is 11.3. The van der Waals surface area contributed by atoms with Gasteiger partial charge in [0.2, 0.25) is 0 Å². The van der Waals surface area contributed by atoms with E-state index in [1.54, 1.807) is 34.8 Å². The van der Waals surface area contributed by atoms with Crippen molar-refractivity contribution in [3.8, 4) is 0 Å². The van der Waals surface area contributed by atoms with Crippen molar-refractivity contribution in [1.29, 1.82) is 0 Å². The maximum Gasteiger partial charge on any atom is 0.0718 e. The van der Waals surface area contributed by atoms with Gasteiger partial charge < -0.3 is 14.9 Å². The van der Waals surface area contributed by atoms with Crippen molar-refractivity contribution in [1.82, 2.24) is 4.90 Å². The van der Waals surface area contributed by atoms with Crippen LogP contribution in [0.4, 0.5) is 0 Å². The van der Waals surface area contributed by atoms with Gasteiger partial charge in [-0.05, 0) is 34.1 Å². The lowest BCUT2D eigenvalue weighted by atomic mass is 10.1. The molecule has 4 nitrogen and oxygen atoms in total. The Balaban J connectivity index is 4.17. The van der Waals surface area contributed by atoms with Gasteiger partial charge in [0.15, 0.2) is 0 Å². The van der Waals surface area contributed by atoms with Gasteiger partial charge in [-0.15, -0.1) is 0 Å². The SMILES string of the molecule is COCCCN(CC(C)(C)O)CC(C)(C)O. The van der Waals surface area contributed by atoms with Crippen LogP contribution in [0.15, 0.2) is 0 Å². The minimum Gasteiger partial charge on any atom is -0.389 e. The summed E-state index contributed by atoms with van der Waals surface area (Å²) in [5.41, 5.74) is -1.48. The zero-order chi connectivity index (χ0) is 12.8. The van der Waals surface area contributed by atoms with Gasteiger partial charge in [-0.2, -0.15) is 0 Å². The first-order chi connectivity index (χ1) is 7.14. The van der Waals surface area contributed by atoms with E-state index in [0.717, 1.165) is 13.0 Å². The molecule has 0 bridgehead atoms. The van der Waals surface area contributed by atoms with Crippen LogP contribution in [0.1, 0.15) is 34.1 Å². The molecule has 0 fully saturated rings. The van der Waals surface area contributed by atoms with Crippen LogP contribution in [0, 0.1) is 0 Å². The van der Waals surface area contributed by atoms with Crippen LogP contribution in [0.2, 0.25) is 0 Å². The molecule has 4 heteroatoms. The standard InChI is InChI=1S/C12H27NO3/c1-11(2,14)9-13(7-6-8-16-5)10-12(3,4)15/h14-15H,6-10H2,1-5H3. The van der Waals surface area contributed by atoms with E-state index in [2.05, 4.69) is 4.90 Å². The molecule has 0 aliphatic carbocycles. The lowest BCUT2D eigenvalue weighted by Crippen LogP contribution is -2.46. The van der Waals surface area contributed by atoms with Crippen molar-refractivity contribution in [2.45, 2.75) is 45.3 Å². The van der Waals surface area contributed by atoms with Gasteiger partial charge in [0.25, 0.3) is 0 Å². The first-order valence-corrected chi connectivity index (χ1v) is 5.80. The Labute approximate surface area is 99.2 Å². The maximum atomic E-state index is 9.79. The molecule has 0 aliphatic rings. The molecule has 0 unspecified atom stereocenters. The van der Waals surface area contributed by atoms with Crippen LogP contribution >= 0.6 is 0 Å². The average molecular weight is 233 g/mol. The Hall–Kier alpha value is -0.160. The van der Waals surface area contributed by atoms with E-state index < -0.39 is 11.2 Å². The summed E-state index contributed by atoms with van der Waals surface area (Å²) in [5.74, 6) is 0. The Morgan fingerprint density at radius 3 is 1.75 bits per heavy atom. The summed E-state index contributed by atoms with van der Waals surface area (Å²) in [6.07, 6.45) is 0.905. The summed E-state index contributed by atoms with van der Waals surface area (Å²) in [6.45, 7) is 9.75. The maximum absolute atomic E-state index is 9.79. The molecule has 0 saturated carbocycles. The van der Waals surface area contributed by atoms with E-state index in [9.17, 15) is 10.2 Å². The molecule has 2 N–H and O–H groups in total. The van der Waals surface area contributed by atoms with Crippen molar-refractivity contribution in [2.75, 3.05) is 33.4 Å². The quantitative estimate of drug-likeness (QED) is 0.611. The number of aliphatic hydroxyl groups is 2. The summed E-state index contributed by atoms with van der Waals surface area (Å²) in [4.78, 5) is 2.07. The van der Waals surface area contributed by atoms with Crippen LogP contribution in [0.25, 0.3) is 0 Å². The van der Waals surface area contributed by atoms with E-state index in [4.69, 9.17) is 4.74 Å². The van der Waals surface area contributed by atoms with E-state index in [0.29, 0.717) is 19.7 Å². The summed E-state index contributed by atoms with van der Waals surface area (Å²) >= 11 is 0. The molecule has 0 amide bonds. The third kappa shape index (κ3) is 10.4. The van der Waals surface area contributed by atoms with E-state index >= 15 is 0 Å². The monoisotopic (exact) mass is 233 g/mol. The highest BCUT2D eigenvalue weighted by Gasteiger charge is 2.23. The molecule has 16 heavy (non-hydrogen) atoms. The summed E-state index contributed by atoms with van der Waals surface area (Å²) in [5, 5.41) is 19.6. The third-order valence-corrected chi connectivity index (χ3v) is 2.04. The van der Waals surface area contributed by atoms with Gasteiger partial charge in [-0.3, -0.25) is 4.90 Å². The second-order valence-electron chi connectivity index (χ2n) is 5.68. The first kappa shape index (κ1) is 15.8. The molecule has 0 saturated heterocycles. The summed E-state index contributed by atoms with van der Waals surface area (Å²) in [6, 6.07) is 0. The Bertz CT molecular complexity index is 166. The van der Waals surface area contributed by atoms with Crippen molar-refractivity contribution < 1.29 is 14.9 Å². The first-order valence-electron chi connectivity index (χ1n) is 5.80. The Morgan fingerprint density at radius 1 is 1.00 bits per heavy atom. The number of hydrogen-bond acceptors (Lipinski definition) is 4.